The van der Waals surface area contributed by atoms with Gasteiger partial charge in [-0.15, -0.1) is 0 Å². The lowest BCUT2D eigenvalue weighted by atomic mass is 10.0. The first-order chi connectivity index (χ1) is 12.7. The number of carbonyl (C=O) groups is 1. The molecule has 1 aliphatic heterocycles. The van der Waals surface area contributed by atoms with Crippen LogP contribution in [0.3, 0.4) is 0 Å². The van der Waals surface area contributed by atoms with Crippen LogP contribution in [0, 0.1) is 6.92 Å². The molecule has 1 aliphatic rings. The van der Waals surface area contributed by atoms with Crippen LogP contribution in [-0.2, 0) is 11.2 Å². The van der Waals surface area contributed by atoms with Crippen molar-refractivity contribution in [3.63, 3.8) is 0 Å². The fourth-order valence-electron chi connectivity index (χ4n) is 3.29. The van der Waals surface area contributed by atoms with E-state index in [-0.39, 0.29) is 5.91 Å². The molecule has 130 valence electrons. The first kappa shape index (κ1) is 16.4. The molecule has 5 nitrogen and oxygen atoms in total. The average molecular weight is 344 g/mol. The molecule has 26 heavy (non-hydrogen) atoms. The van der Waals surface area contributed by atoms with E-state index < -0.39 is 0 Å². The van der Waals surface area contributed by atoms with E-state index in [4.69, 9.17) is 5.10 Å². The Morgan fingerprint density at radius 3 is 2.85 bits per heavy atom. The molecule has 1 amide bonds. The number of benzene rings is 1. The number of aromatic nitrogens is 2. The summed E-state index contributed by atoms with van der Waals surface area (Å²) in [6.07, 6.45) is 3.79. The molecule has 3 aromatic rings. The first-order valence-corrected chi connectivity index (χ1v) is 8.85. The van der Waals surface area contributed by atoms with Crippen LogP contribution in [0.4, 0.5) is 0 Å². The molecular weight excluding hydrogens is 324 g/mol. The fourth-order valence-corrected chi connectivity index (χ4v) is 3.29. The van der Waals surface area contributed by atoms with Crippen molar-refractivity contribution >= 4 is 22.5 Å². The average Bonchev–Trinajstić information content (AvgIpc) is 3.05. The Kier molecular flexibility index (Phi) is 4.44. The maximum absolute atomic E-state index is 12.1. The second-order valence-corrected chi connectivity index (χ2v) is 6.49. The molecule has 4 rings (SSSR count). The molecule has 0 radical (unpaired) electrons. The standard InChI is InChI=1S/C21H20N4O/c1-15-6-4-7-16(23-15)14-20(24-25-13-5-10-21(25)26)18-11-12-22-19-9-3-2-8-17(18)19/h2-4,6-9,11-12H,5,10,13-14H2,1H3/b24-20+. The second-order valence-electron chi connectivity index (χ2n) is 6.49. The molecule has 0 aliphatic carbocycles. The van der Waals surface area contributed by atoms with Gasteiger partial charge in [0.15, 0.2) is 0 Å². The van der Waals surface area contributed by atoms with E-state index in [1.165, 1.54) is 0 Å². The first-order valence-electron chi connectivity index (χ1n) is 8.85. The molecule has 1 fully saturated rings. The summed E-state index contributed by atoms with van der Waals surface area (Å²) in [5, 5.41) is 7.37. The lowest BCUT2D eigenvalue weighted by Gasteiger charge is -2.15. The molecule has 2 aromatic heterocycles. The zero-order valence-electron chi connectivity index (χ0n) is 14.7. The molecule has 0 spiro atoms. The predicted molar refractivity (Wildman–Crippen MR) is 102 cm³/mol. The molecule has 0 saturated carbocycles. The van der Waals surface area contributed by atoms with E-state index in [0.29, 0.717) is 19.4 Å². The Morgan fingerprint density at radius 1 is 1.15 bits per heavy atom. The summed E-state index contributed by atoms with van der Waals surface area (Å²) in [5.74, 6) is 0.0815. The van der Waals surface area contributed by atoms with Crippen LogP contribution in [-0.4, -0.2) is 33.1 Å². The number of fused-ring (bicyclic) bond motifs is 1. The Morgan fingerprint density at radius 2 is 2.04 bits per heavy atom. The fraction of sp³-hybridized carbons (Fsp3) is 0.238. The number of amides is 1. The Hall–Kier alpha value is -3.08. The van der Waals surface area contributed by atoms with Gasteiger partial charge in [-0.1, -0.05) is 24.3 Å². The summed E-state index contributed by atoms with van der Waals surface area (Å²) in [7, 11) is 0. The topological polar surface area (TPSA) is 58.5 Å². The van der Waals surface area contributed by atoms with E-state index in [9.17, 15) is 4.79 Å². The van der Waals surface area contributed by atoms with E-state index in [0.717, 1.165) is 40.0 Å². The van der Waals surface area contributed by atoms with Crippen molar-refractivity contribution in [3.8, 4) is 0 Å². The zero-order valence-corrected chi connectivity index (χ0v) is 14.7. The summed E-state index contributed by atoms with van der Waals surface area (Å²) in [4.78, 5) is 21.2. The highest BCUT2D eigenvalue weighted by Crippen LogP contribution is 2.20. The van der Waals surface area contributed by atoms with Gasteiger partial charge in [0.25, 0.3) is 0 Å². The molecule has 0 N–H and O–H groups in total. The number of hydrazone groups is 1. The van der Waals surface area contributed by atoms with E-state index >= 15 is 0 Å². The van der Waals surface area contributed by atoms with Crippen molar-refractivity contribution in [2.75, 3.05) is 6.54 Å². The van der Waals surface area contributed by atoms with Gasteiger partial charge in [0.05, 0.1) is 11.2 Å². The molecule has 0 atom stereocenters. The van der Waals surface area contributed by atoms with Crippen molar-refractivity contribution in [1.82, 2.24) is 15.0 Å². The van der Waals surface area contributed by atoms with Gasteiger partial charge in [0, 0.05) is 47.9 Å². The Bertz CT molecular complexity index is 991. The molecule has 1 aromatic carbocycles. The molecule has 5 heteroatoms. The van der Waals surface area contributed by atoms with Gasteiger partial charge < -0.3 is 0 Å². The summed E-state index contributed by atoms with van der Waals surface area (Å²) in [6, 6.07) is 16.0. The number of hydrogen-bond acceptors (Lipinski definition) is 4. The number of rotatable bonds is 4. The van der Waals surface area contributed by atoms with Gasteiger partial charge in [-0.3, -0.25) is 14.8 Å². The number of para-hydroxylation sites is 1. The van der Waals surface area contributed by atoms with Crippen LogP contribution in [0.15, 0.2) is 59.8 Å². The van der Waals surface area contributed by atoms with E-state index in [2.05, 4.69) is 9.97 Å². The maximum atomic E-state index is 12.1. The number of carbonyl (C=O) groups excluding carboxylic acids is 1. The highest BCUT2D eigenvalue weighted by atomic mass is 16.2. The molecule has 1 saturated heterocycles. The zero-order chi connectivity index (χ0) is 17.9. The van der Waals surface area contributed by atoms with Crippen LogP contribution in [0.1, 0.15) is 29.8 Å². The van der Waals surface area contributed by atoms with Gasteiger partial charge in [0.2, 0.25) is 5.91 Å². The monoisotopic (exact) mass is 344 g/mol. The van der Waals surface area contributed by atoms with E-state index in [1.807, 2.05) is 55.5 Å². The van der Waals surface area contributed by atoms with Gasteiger partial charge in [-0.05, 0) is 37.6 Å². The minimum absolute atomic E-state index is 0.0815. The predicted octanol–water partition coefficient (Wildman–Crippen LogP) is 3.51. The van der Waals surface area contributed by atoms with Crippen LogP contribution < -0.4 is 0 Å². The maximum Gasteiger partial charge on any atom is 0.242 e. The number of aryl methyl sites for hydroxylation is 1. The highest BCUT2D eigenvalue weighted by molar-refractivity contribution is 6.11. The molecule has 3 heterocycles. The normalized spacial score (nSPS) is 15.0. The van der Waals surface area contributed by atoms with Crippen molar-refractivity contribution in [2.45, 2.75) is 26.2 Å². The van der Waals surface area contributed by atoms with Gasteiger partial charge in [0.1, 0.15) is 0 Å². The summed E-state index contributed by atoms with van der Waals surface area (Å²) >= 11 is 0. The Labute approximate surface area is 152 Å². The molecule has 0 bridgehead atoms. The number of nitrogens with zero attached hydrogens (tertiary/aromatic N) is 4. The van der Waals surface area contributed by atoms with Gasteiger partial charge in [-0.2, -0.15) is 5.10 Å². The van der Waals surface area contributed by atoms with E-state index in [1.54, 1.807) is 11.2 Å². The van der Waals surface area contributed by atoms with Crippen LogP contribution in [0.25, 0.3) is 10.9 Å². The largest absolute Gasteiger partial charge is 0.273 e. The highest BCUT2D eigenvalue weighted by Gasteiger charge is 2.21. The quantitative estimate of drug-likeness (QED) is 0.681. The van der Waals surface area contributed by atoms with Gasteiger partial charge >= 0.3 is 0 Å². The van der Waals surface area contributed by atoms with Crippen LogP contribution in [0.5, 0.6) is 0 Å². The minimum Gasteiger partial charge on any atom is -0.273 e. The van der Waals surface area contributed by atoms with Gasteiger partial charge in [-0.25, -0.2) is 5.01 Å². The second kappa shape index (κ2) is 7.04. The smallest absolute Gasteiger partial charge is 0.242 e. The summed E-state index contributed by atoms with van der Waals surface area (Å²) in [5.41, 5.74) is 4.67. The third-order valence-corrected chi connectivity index (χ3v) is 4.54. The van der Waals surface area contributed by atoms with Crippen molar-refractivity contribution in [2.24, 2.45) is 5.10 Å². The Balaban J connectivity index is 1.81. The van der Waals surface area contributed by atoms with Crippen LogP contribution in [0.2, 0.25) is 0 Å². The summed E-state index contributed by atoms with van der Waals surface area (Å²) in [6.45, 7) is 2.65. The van der Waals surface area contributed by atoms with Crippen molar-refractivity contribution in [3.05, 3.63) is 71.7 Å². The number of hydrogen-bond donors (Lipinski definition) is 0. The van der Waals surface area contributed by atoms with Crippen molar-refractivity contribution < 1.29 is 4.79 Å². The third kappa shape index (κ3) is 3.33. The van der Waals surface area contributed by atoms with Crippen LogP contribution >= 0.6 is 0 Å². The summed E-state index contributed by atoms with van der Waals surface area (Å²) < 4.78 is 0. The number of pyridine rings is 2. The lowest BCUT2D eigenvalue weighted by Crippen LogP contribution is -2.22. The minimum atomic E-state index is 0.0815. The molecule has 0 unspecified atom stereocenters. The SMILES string of the molecule is Cc1cccc(C/C(=N\N2CCCC2=O)c2ccnc3ccccc23)n1. The third-order valence-electron chi connectivity index (χ3n) is 4.54. The lowest BCUT2D eigenvalue weighted by molar-refractivity contribution is -0.127. The molecular formula is C21H20N4O. The van der Waals surface area contributed by atoms with Crippen molar-refractivity contribution in [1.29, 1.82) is 0 Å².